The van der Waals surface area contributed by atoms with Gasteiger partial charge in [-0.25, -0.2) is 0 Å². The fourth-order valence-corrected chi connectivity index (χ4v) is 1.78. The zero-order valence-electron chi connectivity index (χ0n) is 8.23. The highest BCUT2D eigenvalue weighted by Gasteiger charge is 2.13. The van der Waals surface area contributed by atoms with Crippen molar-refractivity contribution < 1.29 is 10.2 Å². The Morgan fingerprint density at radius 2 is 2.07 bits per heavy atom. The zero-order valence-corrected chi connectivity index (χ0v) is 8.23. The minimum absolute atomic E-state index is 0.221. The second-order valence-electron chi connectivity index (χ2n) is 3.54. The lowest BCUT2D eigenvalue weighted by atomic mass is 10.1. The molecule has 74 valence electrons. The molecule has 14 heavy (non-hydrogen) atoms. The van der Waals surface area contributed by atoms with Crippen molar-refractivity contribution in [3.05, 3.63) is 30.0 Å². The van der Waals surface area contributed by atoms with Crippen LogP contribution in [-0.2, 0) is 7.05 Å². The summed E-state index contributed by atoms with van der Waals surface area (Å²) < 4.78 is 1.90. The molecule has 2 aromatic rings. The molecule has 0 aliphatic heterocycles. The summed E-state index contributed by atoms with van der Waals surface area (Å²) in [6.07, 6.45) is 1.28. The number of phenols is 1. The van der Waals surface area contributed by atoms with Crippen molar-refractivity contribution in [1.29, 1.82) is 0 Å². The average molecular weight is 191 g/mol. The molecule has 0 bridgehead atoms. The summed E-state index contributed by atoms with van der Waals surface area (Å²) in [7, 11) is 1.90. The number of aromatic hydroxyl groups is 1. The summed E-state index contributed by atoms with van der Waals surface area (Å²) in [5.74, 6) is 0.221. The molecule has 3 heteroatoms. The Morgan fingerprint density at radius 3 is 2.71 bits per heavy atom. The Labute approximate surface area is 82.2 Å². The Morgan fingerprint density at radius 1 is 1.36 bits per heavy atom. The van der Waals surface area contributed by atoms with Crippen LogP contribution in [-0.4, -0.2) is 14.8 Å². The minimum Gasteiger partial charge on any atom is -0.507 e. The molecule has 1 aromatic carbocycles. The molecule has 2 rings (SSSR count). The Hall–Kier alpha value is -1.48. The van der Waals surface area contributed by atoms with Gasteiger partial charge in [0, 0.05) is 24.2 Å². The van der Waals surface area contributed by atoms with Gasteiger partial charge in [0.15, 0.2) is 0 Å². The summed E-state index contributed by atoms with van der Waals surface area (Å²) in [5.41, 5.74) is 1.70. The predicted octanol–water partition coefficient (Wildman–Crippen LogP) is 1.94. The summed E-state index contributed by atoms with van der Waals surface area (Å²) in [6, 6.07) is 5.35. The van der Waals surface area contributed by atoms with E-state index in [1.807, 2.05) is 23.9 Å². The van der Waals surface area contributed by atoms with Gasteiger partial charge in [-0.3, -0.25) is 0 Å². The maximum atomic E-state index is 9.69. The summed E-state index contributed by atoms with van der Waals surface area (Å²) in [6.45, 7) is 1.70. The summed E-state index contributed by atoms with van der Waals surface area (Å²) in [5, 5.41) is 20.0. The predicted molar refractivity (Wildman–Crippen MR) is 55.2 cm³/mol. The Bertz CT molecular complexity index is 471. The molecule has 0 saturated carbocycles. The van der Waals surface area contributed by atoms with Crippen LogP contribution in [0.3, 0.4) is 0 Å². The van der Waals surface area contributed by atoms with E-state index in [4.69, 9.17) is 0 Å². The smallest absolute Gasteiger partial charge is 0.125 e. The van der Waals surface area contributed by atoms with Crippen molar-refractivity contribution in [1.82, 2.24) is 4.57 Å². The first-order chi connectivity index (χ1) is 6.61. The second-order valence-corrected chi connectivity index (χ2v) is 3.54. The average Bonchev–Trinajstić information content (AvgIpc) is 2.46. The minimum atomic E-state index is -0.563. The first-order valence-electron chi connectivity index (χ1n) is 4.56. The number of fused-ring (bicyclic) bond motifs is 1. The standard InChI is InChI=1S/C11H13NO2/c1-7(13)8-6-12(2)9-4-3-5-10(14)11(8)9/h3-7,13-14H,1-2H3. The molecule has 1 heterocycles. The van der Waals surface area contributed by atoms with Crippen LogP contribution >= 0.6 is 0 Å². The number of hydrogen-bond donors (Lipinski definition) is 2. The van der Waals surface area contributed by atoms with Gasteiger partial charge >= 0.3 is 0 Å². The van der Waals surface area contributed by atoms with E-state index in [9.17, 15) is 10.2 Å². The van der Waals surface area contributed by atoms with Gasteiger partial charge in [-0.2, -0.15) is 0 Å². The molecule has 1 atom stereocenters. The number of aliphatic hydroxyl groups excluding tert-OH is 1. The molecule has 0 fully saturated rings. The van der Waals surface area contributed by atoms with E-state index < -0.39 is 6.10 Å². The van der Waals surface area contributed by atoms with E-state index in [2.05, 4.69) is 0 Å². The molecule has 1 aromatic heterocycles. The third-order valence-corrected chi connectivity index (χ3v) is 2.47. The van der Waals surface area contributed by atoms with Crippen LogP contribution in [0.1, 0.15) is 18.6 Å². The quantitative estimate of drug-likeness (QED) is 0.723. The van der Waals surface area contributed by atoms with Crippen LogP contribution in [0.15, 0.2) is 24.4 Å². The number of nitrogens with zero attached hydrogens (tertiary/aromatic N) is 1. The SMILES string of the molecule is CC(O)c1cn(C)c2cccc(O)c12. The summed E-state index contributed by atoms with van der Waals surface area (Å²) in [4.78, 5) is 0. The van der Waals surface area contributed by atoms with Crippen LogP contribution in [0.25, 0.3) is 10.9 Å². The number of rotatable bonds is 1. The van der Waals surface area contributed by atoms with Crippen molar-refractivity contribution in [2.75, 3.05) is 0 Å². The maximum absolute atomic E-state index is 9.69. The highest BCUT2D eigenvalue weighted by atomic mass is 16.3. The molecular formula is C11H13NO2. The van der Waals surface area contributed by atoms with Crippen LogP contribution in [0.4, 0.5) is 0 Å². The van der Waals surface area contributed by atoms with Gasteiger partial charge in [0.05, 0.1) is 11.6 Å². The highest BCUT2D eigenvalue weighted by Crippen LogP contribution is 2.32. The lowest BCUT2D eigenvalue weighted by Gasteiger charge is -2.02. The molecule has 0 aliphatic carbocycles. The molecule has 1 unspecified atom stereocenters. The van der Waals surface area contributed by atoms with Crippen LogP contribution < -0.4 is 0 Å². The third kappa shape index (κ3) is 1.17. The van der Waals surface area contributed by atoms with E-state index in [0.29, 0.717) is 0 Å². The van der Waals surface area contributed by atoms with Gasteiger partial charge in [-0.1, -0.05) is 6.07 Å². The number of aliphatic hydroxyl groups is 1. The van der Waals surface area contributed by atoms with Gasteiger partial charge in [0.2, 0.25) is 0 Å². The van der Waals surface area contributed by atoms with E-state index in [-0.39, 0.29) is 5.75 Å². The number of aromatic nitrogens is 1. The van der Waals surface area contributed by atoms with E-state index in [1.54, 1.807) is 19.1 Å². The molecule has 0 spiro atoms. The molecule has 0 aliphatic rings. The molecule has 3 nitrogen and oxygen atoms in total. The number of phenolic OH excluding ortho intramolecular Hbond substituents is 1. The van der Waals surface area contributed by atoms with E-state index in [0.717, 1.165) is 16.5 Å². The van der Waals surface area contributed by atoms with Gasteiger partial charge in [-0.05, 0) is 19.1 Å². The monoisotopic (exact) mass is 191 g/mol. The molecular weight excluding hydrogens is 178 g/mol. The number of aryl methyl sites for hydroxylation is 1. The lowest BCUT2D eigenvalue weighted by Crippen LogP contribution is -1.88. The topological polar surface area (TPSA) is 45.4 Å². The van der Waals surface area contributed by atoms with Crippen LogP contribution in [0.2, 0.25) is 0 Å². The maximum Gasteiger partial charge on any atom is 0.125 e. The van der Waals surface area contributed by atoms with E-state index in [1.165, 1.54) is 0 Å². The Kier molecular flexibility index (Phi) is 1.97. The number of hydrogen-bond acceptors (Lipinski definition) is 2. The van der Waals surface area contributed by atoms with Gasteiger partial charge < -0.3 is 14.8 Å². The van der Waals surface area contributed by atoms with Crippen molar-refractivity contribution >= 4 is 10.9 Å². The summed E-state index contributed by atoms with van der Waals surface area (Å²) >= 11 is 0. The van der Waals surface area contributed by atoms with Crippen molar-refractivity contribution in [3.63, 3.8) is 0 Å². The fraction of sp³-hybridized carbons (Fsp3) is 0.273. The lowest BCUT2D eigenvalue weighted by molar-refractivity contribution is 0.200. The molecule has 2 N–H and O–H groups in total. The van der Waals surface area contributed by atoms with Crippen molar-refractivity contribution in [2.24, 2.45) is 7.05 Å². The first-order valence-corrected chi connectivity index (χ1v) is 4.56. The third-order valence-electron chi connectivity index (χ3n) is 2.47. The largest absolute Gasteiger partial charge is 0.507 e. The second kappa shape index (κ2) is 3.03. The molecule has 0 amide bonds. The van der Waals surface area contributed by atoms with Gasteiger partial charge in [0.1, 0.15) is 5.75 Å². The van der Waals surface area contributed by atoms with Gasteiger partial charge in [-0.15, -0.1) is 0 Å². The molecule has 0 saturated heterocycles. The molecule has 0 radical (unpaired) electrons. The fourth-order valence-electron chi connectivity index (χ4n) is 1.78. The van der Waals surface area contributed by atoms with E-state index >= 15 is 0 Å². The Balaban J connectivity index is 2.86. The normalized spacial score (nSPS) is 13.4. The first kappa shape index (κ1) is 9.09. The van der Waals surface area contributed by atoms with Crippen molar-refractivity contribution in [3.8, 4) is 5.75 Å². The van der Waals surface area contributed by atoms with Crippen molar-refractivity contribution in [2.45, 2.75) is 13.0 Å². The van der Waals surface area contributed by atoms with Crippen LogP contribution in [0.5, 0.6) is 5.75 Å². The van der Waals surface area contributed by atoms with Gasteiger partial charge in [0.25, 0.3) is 0 Å². The zero-order chi connectivity index (χ0) is 10.3. The highest BCUT2D eigenvalue weighted by molar-refractivity contribution is 5.89. The van der Waals surface area contributed by atoms with Crippen LogP contribution in [0, 0.1) is 0 Å². The number of benzene rings is 1.